The van der Waals surface area contributed by atoms with E-state index in [1.54, 1.807) is 24.0 Å². The van der Waals surface area contributed by atoms with Crippen molar-refractivity contribution in [2.45, 2.75) is 19.6 Å². The average Bonchev–Trinajstić information content (AvgIpc) is 3.23. The van der Waals surface area contributed by atoms with Crippen molar-refractivity contribution in [3.63, 3.8) is 0 Å². The minimum Gasteiger partial charge on any atom is -0.486 e. The van der Waals surface area contributed by atoms with E-state index in [1.807, 2.05) is 24.3 Å². The summed E-state index contributed by atoms with van der Waals surface area (Å²) in [6.07, 6.45) is 4.56. The van der Waals surface area contributed by atoms with Gasteiger partial charge in [-0.2, -0.15) is 5.10 Å². The zero-order valence-electron chi connectivity index (χ0n) is 13.5. The molecule has 4 rings (SSSR count). The van der Waals surface area contributed by atoms with Gasteiger partial charge in [-0.15, -0.1) is 0 Å². The summed E-state index contributed by atoms with van der Waals surface area (Å²) in [5.74, 6) is 1.65. The monoisotopic (exact) mass is 340 g/mol. The number of para-hydroxylation sites is 2. The first-order valence-electron chi connectivity index (χ1n) is 7.82. The number of benzene rings is 1. The van der Waals surface area contributed by atoms with E-state index in [0.717, 1.165) is 11.5 Å². The molecule has 0 spiro atoms. The van der Waals surface area contributed by atoms with E-state index in [1.165, 1.54) is 6.20 Å². The van der Waals surface area contributed by atoms with Gasteiger partial charge in [-0.05, 0) is 19.1 Å². The highest BCUT2D eigenvalue weighted by Crippen LogP contribution is 2.31. The predicted octanol–water partition coefficient (Wildman–Crippen LogP) is 2.27. The lowest BCUT2D eigenvalue weighted by Crippen LogP contribution is -2.33. The average molecular weight is 340 g/mol. The maximum absolute atomic E-state index is 12.1. The molecule has 0 fully saturated rings. The molecule has 3 aromatic rings. The third kappa shape index (κ3) is 3.18. The molecule has 0 bridgehead atoms. The van der Waals surface area contributed by atoms with Crippen LogP contribution in [0, 0.1) is 6.92 Å². The Kier molecular flexibility index (Phi) is 3.85. The van der Waals surface area contributed by atoms with Crippen LogP contribution in [0.15, 0.2) is 47.4 Å². The summed E-state index contributed by atoms with van der Waals surface area (Å²) in [6.45, 7) is 2.64. The Balaban J connectivity index is 1.39. The van der Waals surface area contributed by atoms with E-state index in [4.69, 9.17) is 14.0 Å². The van der Waals surface area contributed by atoms with Gasteiger partial charge in [0.15, 0.2) is 17.6 Å². The van der Waals surface area contributed by atoms with Gasteiger partial charge in [0.05, 0.1) is 24.6 Å². The Morgan fingerprint density at radius 2 is 2.16 bits per heavy atom. The first-order valence-corrected chi connectivity index (χ1v) is 7.82. The predicted molar refractivity (Wildman–Crippen MR) is 87.8 cm³/mol. The summed E-state index contributed by atoms with van der Waals surface area (Å²) in [4.78, 5) is 12.1. The smallest absolute Gasteiger partial charge is 0.260 e. The summed E-state index contributed by atoms with van der Waals surface area (Å²) in [7, 11) is 0. The quantitative estimate of drug-likeness (QED) is 0.783. The Labute approximate surface area is 143 Å². The zero-order chi connectivity index (χ0) is 17.2. The first-order chi connectivity index (χ1) is 12.2. The molecule has 8 nitrogen and oxygen atoms in total. The number of fused-ring (bicyclic) bond motifs is 1. The molecule has 1 atom stereocenters. The molecule has 0 saturated heterocycles. The molecule has 0 aliphatic carbocycles. The molecule has 1 amide bonds. The van der Waals surface area contributed by atoms with Gasteiger partial charge < -0.3 is 19.3 Å². The summed E-state index contributed by atoms with van der Waals surface area (Å²) in [6, 6.07) is 7.55. The maximum Gasteiger partial charge on any atom is 0.260 e. The molecule has 25 heavy (non-hydrogen) atoms. The lowest BCUT2D eigenvalue weighted by Gasteiger charge is -2.26. The van der Waals surface area contributed by atoms with Crippen LogP contribution in [0.4, 0.5) is 5.69 Å². The van der Waals surface area contributed by atoms with E-state index < -0.39 is 0 Å². The van der Waals surface area contributed by atoms with E-state index >= 15 is 0 Å². The molecule has 1 aliphatic rings. The number of aromatic nitrogens is 3. The minimum atomic E-state index is -0.288. The standard InChI is InChI=1S/C17H16N4O4/c1-11-14(7-19-25-11)17(22)20-12-6-18-21(8-12)9-13-10-23-15-4-2-3-5-16(15)24-13/h2-8,13H,9-10H2,1H3,(H,20,22). The van der Waals surface area contributed by atoms with Crippen molar-refractivity contribution in [3.05, 3.63) is 54.2 Å². The highest BCUT2D eigenvalue weighted by molar-refractivity contribution is 6.04. The van der Waals surface area contributed by atoms with Gasteiger partial charge in [0, 0.05) is 6.20 Å². The molecule has 2 aromatic heterocycles. The number of carbonyl (C=O) groups is 1. The fourth-order valence-corrected chi connectivity index (χ4v) is 2.60. The lowest BCUT2D eigenvalue weighted by molar-refractivity contribution is 0.0759. The molecule has 1 unspecified atom stereocenters. The van der Waals surface area contributed by atoms with Crippen LogP contribution in [0.25, 0.3) is 0 Å². The van der Waals surface area contributed by atoms with Crippen molar-refractivity contribution in [2.24, 2.45) is 0 Å². The summed E-state index contributed by atoms with van der Waals surface area (Å²) >= 11 is 0. The Morgan fingerprint density at radius 3 is 2.96 bits per heavy atom. The van der Waals surface area contributed by atoms with Crippen LogP contribution in [0.5, 0.6) is 11.5 Å². The number of nitrogens with zero attached hydrogens (tertiary/aromatic N) is 3. The fraction of sp³-hybridized carbons (Fsp3) is 0.235. The second kappa shape index (κ2) is 6.31. The highest BCUT2D eigenvalue weighted by atomic mass is 16.6. The topological polar surface area (TPSA) is 91.4 Å². The molecule has 1 aromatic carbocycles. The SMILES string of the molecule is Cc1oncc1C(=O)Nc1cnn(CC2COc3ccccc3O2)c1. The van der Waals surface area contributed by atoms with E-state index in [-0.39, 0.29) is 12.0 Å². The van der Waals surface area contributed by atoms with Crippen LogP contribution in [0.3, 0.4) is 0 Å². The van der Waals surface area contributed by atoms with Crippen molar-refractivity contribution in [3.8, 4) is 11.5 Å². The molecule has 1 aliphatic heterocycles. The van der Waals surface area contributed by atoms with E-state index in [9.17, 15) is 4.79 Å². The van der Waals surface area contributed by atoms with Gasteiger partial charge in [0.25, 0.3) is 5.91 Å². The van der Waals surface area contributed by atoms with Gasteiger partial charge in [0.1, 0.15) is 17.9 Å². The Bertz CT molecular complexity index is 901. The third-order valence-corrected chi connectivity index (χ3v) is 3.84. The number of anilines is 1. The van der Waals surface area contributed by atoms with Crippen LogP contribution >= 0.6 is 0 Å². The van der Waals surface area contributed by atoms with Crippen molar-refractivity contribution < 1.29 is 18.8 Å². The summed E-state index contributed by atoms with van der Waals surface area (Å²) in [5.41, 5.74) is 0.982. The van der Waals surface area contributed by atoms with E-state index in [2.05, 4.69) is 15.6 Å². The number of aryl methyl sites for hydroxylation is 1. The lowest BCUT2D eigenvalue weighted by atomic mass is 10.2. The van der Waals surface area contributed by atoms with Crippen molar-refractivity contribution in [2.75, 3.05) is 11.9 Å². The molecule has 0 saturated carbocycles. The normalized spacial score (nSPS) is 15.8. The van der Waals surface area contributed by atoms with Crippen molar-refractivity contribution in [1.29, 1.82) is 0 Å². The van der Waals surface area contributed by atoms with Crippen LogP contribution in [0.1, 0.15) is 16.1 Å². The number of amides is 1. The number of rotatable bonds is 4. The number of hydrogen-bond donors (Lipinski definition) is 1. The van der Waals surface area contributed by atoms with Crippen LogP contribution in [0.2, 0.25) is 0 Å². The van der Waals surface area contributed by atoms with Gasteiger partial charge in [0.2, 0.25) is 0 Å². The number of carbonyl (C=O) groups excluding carboxylic acids is 1. The van der Waals surface area contributed by atoms with Crippen molar-refractivity contribution >= 4 is 11.6 Å². The molecule has 1 N–H and O–H groups in total. The van der Waals surface area contributed by atoms with E-state index in [0.29, 0.717) is 30.2 Å². The van der Waals surface area contributed by atoms with Crippen LogP contribution in [-0.4, -0.2) is 33.6 Å². The van der Waals surface area contributed by atoms with Gasteiger partial charge in [-0.3, -0.25) is 9.48 Å². The van der Waals surface area contributed by atoms with Crippen molar-refractivity contribution in [1.82, 2.24) is 14.9 Å². The second-order valence-electron chi connectivity index (χ2n) is 5.70. The second-order valence-corrected chi connectivity index (χ2v) is 5.70. The maximum atomic E-state index is 12.1. The summed E-state index contributed by atoms with van der Waals surface area (Å²) < 4.78 is 18.2. The van der Waals surface area contributed by atoms with Crippen LogP contribution < -0.4 is 14.8 Å². The Morgan fingerprint density at radius 1 is 1.32 bits per heavy atom. The number of ether oxygens (including phenoxy) is 2. The van der Waals surface area contributed by atoms with Gasteiger partial charge >= 0.3 is 0 Å². The largest absolute Gasteiger partial charge is 0.486 e. The number of nitrogens with one attached hydrogen (secondary N) is 1. The third-order valence-electron chi connectivity index (χ3n) is 3.84. The Hall–Kier alpha value is -3.29. The molecule has 8 heteroatoms. The molecule has 0 radical (unpaired) electrons. The van der Waals surface area contributed by atoms with Gasteiger partial charge in [-0.25, -0.2) is 0 Å². The fourth-order valence-electron chi connectivity index (χ4n) is 2.60. The number of hydrogen-bond acceptors (Lipinski definition) is 6. The highest BCUT2D eigenvalue weighted by Gasteiger charge is 2.21. The first kappa shape index (κ1) is 15.3. The minimum absolute atomic E-state index is 0.154. The summed E-state index contributed by atoms with van der Waals surface area (Å²) in [5, 5.41) is 10.6. The van der Waals surface area contributed by atoms with Gasteiger partial charge in [-0.1, -0.05) is 17.3 Å². The molecule has 128 valence electrons. The molecule has 3 heterocycles. The zero-order valence-corrected chi connectivity index (χ0v) is 13.5. The molecular weight excluding hydrogens is 324 g/mol. The molecular formula is C17H16N4O4. The van der Waals surface area contributed by atoms with Crippen LogP contribution in [-0.2, 0) is 6.54 Å².